The van der Waals surface area contributed by atoms with Crippen LogP contribution >= 0.6 is 0 Å². The van der Waals surface area contributed by atoms with E-state index < -0.39 is 0 Å². The number of benzene rings is 1. The molecule has 0 amide bonds. The van der Waals surface area contributed by atoms with Crippen molar-refractivity contribution in [3.8, 4) is 5.75 Å². The Morgan fingerprint density at radius 1 is 1.36 bits per heavy atom. The number of rotatable bonds is 4. The van der Waals surface area contributed by atoms with Gasteiger partial charge in [0.2, 0.25) is 0 Å². The first-order valence-corrected chi connectivity index (χ1v) is 7.36. The van der Waals surface area contributed by atoms with E-state index in [0.29, 0.717) is 18.1 Å². The summed E-state index contributed by atoms with van der Waals surface area (Å²) in [6, 6.07) is 7.81. The minimum absolute atomic E-state index is 0.239. The number of fused-ring (bicyclic) bond motifs is 1. The molecule has 2 heterocycles. The molecule has 0 bridgehead atoms. The summed E-state index contributed by atoms with van der Waals surface area (Å²) < 4.78 is 12.1. The quantitative estimate of drug-likeness (QED) is 0.807. The van der Waals surface area contributed by atoms with Crippen molar-refractivity contribution in [1.82, 2.24) is 14.8 Å². The molecule has 1 aromatic heterocycles. The molecule has 1 unspecified atom stereocenters. The van der Waals surface area contributed by atoms with Crippen molar-refractivity contribution in [2.24, 2.45) is 0 Å². The van der Waals surface area contributed by atoms with Gasteiger partial charge in [0.15, 0.2) is 5.82 Å². The number of carbonyl (C=O) groups is 1. The van der Waals surface area contributed by atoms with E-state index in [-0.39, 0.29) is 11.9 Å². The summed E-state index contributed by atoms with van der Waals surface area (Å²) in [4.78, 5) is 16.4. The van der Waals surface area contributed by atoms with Gasteiger partial charge in [0.1, 0.15) is 17.5 Å². The highest BCUT2D eigenvalue weighted by Gasteiger charge is 2.30. The molecule has 0 saturated carbocycles. The summed E-state index contributed by atoms with van der Waals surface area (Å²) in [5.74, 6) is 1.69. The fourth-order valence-corrected chi connectivity index (χ4v) is 2.86. The lowest BCUT2D eigenvalue weighted by Gasteiger charge is -2.19. The van der Waals surface area contributed by atoms with Crippen molar-refractivity contribution in [3.63, 3.8) is 0 Å². The summed E-state index contributed by atoms with van der Waals surface area (Å²) >= 11 is 0. The third kappa shape index (κ3) is 2.68. The summed E-state index contributed by atoms with van der Waals surface area (Å²) in [6.07, 6.45) is 2.25. The highest BCUT2D eigenvalue weighted by molar-refractivity contribution is 5.77. The second-order valence-electron chi connectivity index (χ2n) is 5.32. The minimum atomic E-state index is -0.308. The Kier molecular flexibility index (Phi) is 4.09. The van der Waals surface area contributed by atoms with Crippen LogP contribution in [0.3, 0.4) is 0 Å². The second kappa shape index (κ2) is 6.17. The molecule has 0 fully saturated rings. The molecular weight excluding hydrogens is 282 g/mol. The third-order valence-electron chi connectivity index (χ3n) is 3.95. The molecule has 6 nitrogen and oxygen atoms in total. The molecule has 0 saturated heterocycles. The zero-order valence-electron chi connectivity index (χ0n) is 12.8. The van der Waals surface area contributed by atoms with Crippen LogP contribution in [0.1, 0.15) is 36.0 Å². The average Bonchev–Trinajstić information content (AvgIpc) is 2.96. The Morgan fingerprint density at radius 3 is 2.95 bits per heavy atom. The molecule has 0 spiro atoms. The summed E-state index contributed by atoms with van der Waals surface area (Å²) in [5.41, 5.74) is 1.03. The van der Waals surface area contributed by atoms with E-state index >= 15 is 0 Å². The number of para-hydroxylation sites is 1. The molecule has 22 heavy (non-hydrogen) atoms. The molecule has 0 radical (unpaired) electrons. The fourth-order valence-electron chi connectivity index (χ4n) is 2.86. The number of hydrogen-bond acceptors (Lipinski definition) is 5. The maximum atomic E-state index is 11.9. The van der Waals surface area contributed by atoms with Crippen LogP contribution in [0, 0.1) is 0 Å². The number of carbonyl (C=O) groups excluding carboxylic acids is 1. The van der Waals surface area contributed by atoms with Crippen LogP contribution in [0.15, 0.2) is 24.3 Å². The second-order valence-corrected chi connectivity index (χ2v) is 5.32. The molecule has 6 heteroatoms. The number of aromatic nitrogens is 3. The van der Waals surface area contributed by atoms with Gasteiger partial charge >= 0.3 is 5.97 Å². The van der Waals surface area contributed by atoms with Crippen LogP contribution in [0.25, 0.3) is 0 Å². The number of esters is 1. The van der Waals surface area contributed by atoms with Gasteiger partial charge < -0.3 is 9.47 Å². The first-order valence-electron chi connectivity index (χ1n) is 7.36. The third-order valence-corrected chi connectivity index (χ3v) is 3.95. The zero-order chi connectivity index (χ0) is 15.5. The van der Waals surface area contributed by atoms with Gasteiger partial charge in [-0.1, -0.05) is 18.2 Å². The van der Waals surface area contributed by atoms with Crippen molar-refractivity contribution in [1.29, 1.82) is 0 Å². The molecule has 0 aliphatic carbocycles. The van der Waals surface area contributed by atoms with Crippen molar-refractivity contribution in [3.05, 3.63) is 41.5 Å². The Hall–Kier alpha value is -2.37. The van der Waals surface area contributed by atoms with E-state index in [1.807, 2.05) is 28.9 Å². The molecule has 1 aromatic carbocycles. The van der Waals surface area contributed by atoms with Crippen LogP contribution in [-0.4, -0.2) is 35.0 Å². The van der Waals surface area contributed by atoms with Gasteiger partial charge in [-0.3, -0.25) is 4.79 Å². The number of nitrogens with zero attached hydrogens (tertiary/aromatic N) is 3. The summed E-state index contributed by atoms with van der Waals surface area (Å²) in [6.45, 7) is 0.793. The molecule has 2 aromatic rings. The Bertz CT molecular complexity index is 681. The Balaban J connectivity index is 1.88. The van der Waals surface area contributed by atoms with Gasteiger partial charge in [-0.15, -0.1) is 0 Å². The number of methoxy groups -OCH3 is 2. The number of aryl methyl sites for hydroxylation is 1. The van der Waals surface area contributed by atoms with Crippen LogP contribution in [0.4, 0.5) is 0 Å². The standard InChI is InChI=1S/C16H19N3O3/c1-21-13-8-4-3-6-11(13)10-14-17-15-12(16(20)22-2)7-5-9-19(15)18-14/h3-4,6,8,12H,5,7,9-10H2,1-2H3. The highest BCUT2D eigenvalue weighted by atomic mass is 16.5. The lowest BCUT2D eigenvalue weighted by atomic mass is 9.99. The molecular formula is C16H19N3O3. The number of hydrogen-bond donors (Lipinski definition) is 0. The molecule has 0 N–H and O–H groups in total. The van der Waals surface area contributed by atoms with Crippen molar-refractivity contribution < 1.29 is 14.3 Å². The number of ether oxygens (including phenoxy) is 2. The molecule has 3 rings (SSSR count). The van der Waals surface area contributed by atoms with Gasteiger partial charge in [-0.05, 0) is 18.9 Å². The Morgan fingerprint density at radius 2 is 2.18 bits per heavy atom. The average molecular weight is 301 g/mol. The monoisotopic (exact) mass is 301 g/mol. The lowest BCUT2D eigenvalue weighted by molar-refractivity contribution is -0.143. The fraction of sp³-hybridized carbons (Fsp3) is 0.438. The largest absolute Gasteiger partial charge is 0.496 e. The van der Waals surface area contributed by atoms with Crippen molar-refractivity contribution >= 4 is 5.97 Å². The van der Waals surface area contributed by atoms with E-state index in [1.54, 1.807) is 7.11 Å². The topological polar surface area (TPSA) is 66.2 Å². The van der Waals surface area contributed by atoms with Gasteiger partial charge in [-0.2, -0.15) is 5.10 Å². The van der Waals surface area contributed by atoms with Crippen molar-refractivity contribution in [2.45, 2.75) is 31.7 Å². The predicted octanol–water partition coefficient (Wildman–Crippen LogP) is 1.93. The first-order chi connectivity index (χ1) is 10.7. The summed E-state index contributed by atoms with van der Waals surface area (Å²) in [5, 5.41) is 4.53. The minimum Gasteiger partial charge on any atom is -0.496 e. The van der Waals surface area contributed by atoms with Gasteiger partial charge in [-0.25, -0.2) is 9.67 Å². The molecule has 116 valence electrons. The SMILES string of the molecule is COC(=O)C1CCCn2nc(Cc3ccccc3OC)nc21. The lowest BCUT2D eigenvalue weighted by Crippen LogP contribution is -2.24. The van der Waals surface area contributed by atoms with E-state index in [1.165, 1.54) is 7.11 Å². The van der Waals surface area contributed by atoms with Crippen LogP contribution in [0.2, 0.25) is 0 Å². The van der Waals surface area contributed by atoms with Crippen LogP contribution in [-0.2, 0) is 22.5 Å². The van der Waals surface area contributed by atoms with Gasteiger partial charge in [0.05, 0.1) is 14.2 Å². The normalized spacial score (nSPS) is 16.9. The maximum absolute atomic E-state index is 11.9. The van der Waals surface area contributed by atoms with Gasteiger partial charge in [0, 0.05) is 18.5 Å². The Labute approximate surface area is 129 Å². The smallest absolute Gasteiger partial charge is 0.316 e. The van der Waals surface area contributed by atoms with E-state index in [0.717, 1.165) is 30.7 Å². The van der Waals surface area contributed by atoms with E-state index in [9.17, 15) is 4.79 Å². The first kappa shape index (κ1) is 14.6. The van der Waals surface area contributed by atoms with E-state index in [4.69, 9.17) is 9.47 Å². The molecule has 1 aliphatic rings. The summed E-state index contributed by atoms with van der Waals surface area (Å²) in [7, 11) is 3.06. The van der Waals surface area contributed by atoms with Gasteiger partial charge in [0.25, 0.3) is 0 Å². The van der Waals surface area contributed by atoms with Crippen LogP contribution in [0.5, 0.6) is 5.75 Å². The zero-order valence-corrected chi connectivity index (χ0v) is 12.8. The van der Waals surface area contributed by atoms with Crippen molar-refractivity contribution in [2.75, 3.05) is 14.2 Å². The predicted molar refractivity (Wildman–Crippen MR) is 79.8 cm³/mol. The molecule has 1 atom stereocenters. The van der Waals surface area contributed by atoms with Crippen LogP contribution < -0.4 is 4.74 Å². The maximum Gasteiger partial charge on any atom is 0.316 e. The highest BCUT2D eigenvalue weighted by Crippen LogP contribution is 2.27. The molecule has 1 aliphatic heterocycles. The van der Waals surface area contributed by atoms with E-state index in [2.05, 4.69) is 10.1 Å².